The van der Waals surface area contributed by atoms with Crippen molar-refractivity contribution >= 4 is 38.9 Å². The summed E-state index contributed by atoms with van der Waals surface area (Å²) in [7, 11) is 0. The van der Waals surface area contributed by atoms with Crippen LogP contribution in [0, 0.1) is 17.2 Å². The number of hydrogen-bond donors (Lipinski definition) is 0. The Balaban J connectivity index is 1.96. The number of aryl methyl sites for hydroxylation is 1. The summed E-state index contributed by atoms with van der Waals surface area (Å²) in [5, 5.41) is 10.3. The van der Waals surface area contributed by atoms with Gasteiger partial charge < -0.3 is 0 Å². The highest BCUT2D eigenvalue weighted by atomic mass is 79.9. The van der Waals surface area contributed by atoms with Crippen LogP contribution in [0.25, 0.3) is 11.6 Å². The highest BCUT2D eigenvalue weighted by Crippen LogP contribution is 2.33. The van der Waals surface area contributed by atoms with Crippen LogP contribution in [-0.2, 0) is 12.8 Å². The fourth-order valence-corrected chi connectivity index (χ4v) is 4.21. The number of halogens is 1. The minimum Gasteiger partial charge on any atom is -0.240 e. The molecular formula is C17H15BrN2S. The van der Waals surface area contributed by atoms with E-state index in [-0.39, 0.29) is 0 Å². The molecule has 0 aliphatic heterocycles. The fourth-order valence-electron chi connectivity index (χ4n) is 2.56. The van der Waals surface area contributed by atoms with Crippen molar-refractivity contribution in [1.82, 2.24) is 4.98 Å². The summed E-state index contributed by atoms with van der Waals surface area (Å²) in [6.07, 6.45) is 5.26. The Hall–Kier alpha value is -1.44. The first kappa shape index (κ1) is 14.5. The number of allylic oxidation sites excluding steroid dienone is 1. The summed E-state index contributed by atoms with van der Waals surface area (Å²) in [4.78, 5) is 6.05. The second-order valence-corrected chi connectivity index (χ2v) is 7.46. The van der Waals surface area contributed by atoms with Crippen LogP contribution in [0.3, 0.4) is 0 Å². The van der Waals surface area contributed by atoms with Crippen LogP contribution in [0.1, 0.15) is 34.5 Å². The molecule has 0 saturated carbocycles. The predicted octanol–water partition coefficient (Wildman–Crippen LogP) is 5.09. The lowest BCUT2D eigenvalue weighted by Gasteiger charge is -2.15. The Kier molecular flexibility index (Phi) is 4.23. The Morgan fingerprint density at radius 3 is 3.14 bits per heavy atom. The SMILES string of the molecule is C[C@@H]1CCc2nc(/C(C#N)=C/c3cccc(Br)c3)sc2C1. The molecule has 0 unspecified atom stereocenters. The molecule has 0 radical (unpaired) electrons. The predicted molar refractivity (Wildman–Crippen MR) is 90.9 cm³/mol. The largest absolute Gasteiger partial charge is 0.240 e. The van der Waals surface area contributed by atoms with E-state index >= 15 is 0 Å². The maximum atomic E-state index is 9.46. The van der Waals surface area contributed by atoms with Crippen molar-refractivity contribution in [2.45, 2.75) is 26.2 Å². The van der Waals surface area contributed by atoms with E-state index in [0.29, 0.717) is 5.57 Å². The number of hydrogen-bond acceptors (Lipinski definition) is 3. The molecule has 2 aromatic rings. The first-order valence-corrected chi connectivity index (χ1v) is 8.63. The molecule has 1 heterocycles. The molecule has 0 saturated heterocycles. The van der Waals surface area contributed by atoms with E-state index < -0.39 is 0 Å². The molecule has 1 aromatic heterocycles. The van der Waals surface area contributed by atoms with Crippen molar-refractivity contribution in [3.8, 4) is 6.07 Å². The Morgan fingerprint density at radius 2 is 2.38 bits per heavy atom. The number of fused-ring (bicyclic) bond motifs is 1. The van der Waals surface area contributed by atoms with E-state index in [2.05, 4.69) is 28.9 Å². The molecule has 0 spiro atoms. The third-order valence-electron chi connectivity index (χ3n) is 3.70. The molecule has 0 N–H and O–H groups in total. The van der Waals surface area contributed by atoms with Gasteiger partial charge in [0, 0.05) is 9.35 Å². The molecule has 1 aliphatic rings. The first-order valence-electron chi connectivity index (χ1n) is 7.02. The van der Waals surface area contributed by atoms with Gasteiger partial charge in [-0.1, -0.05) is 35.0 Å². The summed E-state index contributed by atoms with van der Waals surface area (Å²) >= 11 is 5.14. The van der Waals surface area contributed by atoms with Gasteiger partial charge in [-0.25, -0.2) is 4.98 Å². The minimum absolute atomic E-state index is 0.653. The summed E-state index contributed by atoms with van der Waals surface area (Å²) < 4.78 is 1.01. The summed E-state index contributed by atoms with van der Waals surface area (Å²) in [6, 6.07) is 10.3. The quantitative estimate of drug-likeness (QED) is 0.700. The second-order valence-electron chi connectivity index (χ2n) is 5.46. The van der Waals surface area contributed by atoms with Gasteiger partial charge >= 0.3 is 0 Å². The molecule has 0 fully saturated rings. The lowest BCUT2D eigenvalue weighted by molar-refractivity contribution is 0.502. The first-order chi connectivity index (χ1) is 10.2. The van der Waals surface area contributed by atoms with E-state index in [4.69, 9.17) is 4.98 Å². The summed E-state index contributed by atoms with van der Waals surface area (Å²) in [5.74, 6) is 0.727. The van der Waals surface area contributed by atoms with E-state index in [1.165, 1.54) is 17.0 Å². The van der Waals surface area contributed by atoms with Crippen molar-refractivity contribution in [3.63, 3.8) is 0 Å². The molecule has 21 heavy (non-hydrogen) atoms. The zero-order chi connectivity index (χ0) is 14.8. The maximum Gasteiger partial charge on any atom is 0.134 e. The standard InChI is InChI=1S/C17H15BrN2S/c1-11-5-6-15-16(7-11)21-17(20-15)13(10-19)8-12-3-2-4-14(18)9-12/h2-4,8-9,11H,5-7H2,1H3/b13-8+/t11-/m1/s1. The van der Waals surface area contributed by atoms with E-state index in [9.17, 15) is 5.26 Å². The van der Waals surface area contributed by atoms with Crippen LogP contribution >= 0.6 is 27.3 Å². The highest BCUT2D eigenvalue weighted by molar-refractivity contribution is 9.10. The number of benzene rings is 1. The number of nitrogens with zero attached hydrogens (tertiary/aromatic N) is 2. The zero-order valence-electron chi connectivity index (χ0n) is 11.8. The van der Waals surface area contributed by atoms with Crippen LogP contribution in [0.15, 0.2) is 28.7 Å². The summed E-state index contributed by atoms with van der Waals surface area (Å²) in [6.45, 7) is 2.28. The maximum absolute atomic E-state index is 9.46. The molecule has 0 bridgehead atoms. The van der Waals surface area contributed by atoms with Gasteiger partial charge in [0.1, 0.15) is 11.1 Å². The van der Waals surface area contributed by atoms with Crippen molar-refractivity contribution in [1.29, 1.82) is 5.26 Å². The van der Waals surface area contributed by atoms with E-state index in [1.807, 2.05) is 30.3 Å². The smallest absolute Gasteiger partial charge is 0.134 e. The van der Waals surface area contributed by atoms with Crippen LogP contribution in [0.4, 0.5) is 0 Å². The Morgan fingerprint density at radius 1 is 1.52 bits per heavy atom. The molecule has 1 atom stereocenters. The Bertz CT molecular complexity index is 739. The van der Waals surface area contributed by atoms with Gasteiger partial charge in [0.05, 0.1) is 11.3 Å². The van der Waals surface area contributed by atoms with Crippen molar-refractivity contribution in [3.05, 3.63) is 49.9 Å². The van der Waals surface area contributed by atoms with Gasteiger partial charge in [-0.3, -0.25) is 0 Å². The van der Waals surface area contributed by atoms with Crippen LogP contribution in [-0.4, -0.2) is 4.98 Å². The Labute approximate surface area is 137 Å². The number of thiazole rings is 1. The molecule has 2 nitrogen and oxygen atoms in total. The molecular weight excluding hydrogens is 344 g/mol. The lowest BCUT2D eigenvalue weighted by atomic mass is 9.93. The van der Waals surface area contributed by atoms with E-state index in [1.54, 1.807) is 11.3 Å². The number of nitriles is 1. The molecule has 4 heteroatoms. The second kappa shape index (κ2) is 6.13. The van der Waals surface area contributed by atoms with Gasteiger partial charge in [0.25, 0.3) is 0 Å². The molecule has 0 amide bonds. The number of rotatable bonds is 2. The van der Waals surface area contributed by atoms with Gasteiger partial charge in [0.2, 0.25) is 0 Å². The lowest BCUT2D eigenvalue weighted by Crippen LogP contribution is -2.09. The fraction of sp³-hybridized carbons (Fsp3) is 0.294. The van der Waals surface area contributed by atoms with Gasteiger partial charge in [-0.15, -0.1) is 11.3 Å². The molecule has 106 valence electrons. The molecule has 3 rings (SSSR count). The average Bonchev–Trinajstić information content (AvgIpc) is 2.87. The topological polar surface area (TPSA) is 36.7 Å². The van der Waals surface area contributed by atoms with Crippen LogP contribution in [0.5, 0.6) is 0 Å². The van der Waals surface area contributed by atoms with E-state index in [0.717, 1.165) is 33.8 Å². The van der Waals surface area contributed by atoms with Crippen LogP contribution < -0.4 is 0 Å². The van der Waals surface area contributed by atoms with Gasteiger partial charge in [-0.2, -0.15) is 5.26 Å². The van der Waals surface area contributed by atoms with Gasteiger partial charge in [0.15, 0.2) is 0 Å². The van der Waals surface area contributed by atoms with Crippen molar-refractivity contribution in [2.75, 3.05) is 0 Å². The van der Waals surface area contributed by atoms with Crippen molar-refractivity contribution < 1.29 is 0 Å². The molecule has 1 aliphatic carbocycles. The zero-order valence-corrected chi connectivity index (χ0v) is 14.2. The third kappa shape index (κ3) is 3.25. The third-order valence-corrected chi connectivity index (χ3v) is 5.34. The molecule has 1 aromatic carbocycles. The van der Waals surface area contributed by atoms with Gasteiger partial charge in [-0.05, 0) is 49.0 Å². The van der Waals surface area contributed by atoms with Crippen LogP contribution in [0.2, 0.25) is 0 Å². The average molecular weight is 359 g/mol. The monoisotopic (exact) mass is 358 g/mol. The number of aromatic nitrogens is 1. The van der Waals surface area contributed by atoms with Crippen molar-refractivity contribution in [2.24, 2.45) is 5.92 Å². The minimum atomic E-state index is 0.653. The normalized spacial score (nSPS) is 18.1. The summed E-state index contributed by atoms with van der Waals surface area (Å²) in [5.41, 5.74) is 2.87. The highest BCUT2D eigenvalue weighted by Gasteiger charge is 2.20.